The Labute approximate surface area is 155 Å². The lowest BCUT2D eigenvalue weighted by atomic mass is 10.1. The zero-order valence-electron chi connectivity index (χ0n) is 13.4. The second kappa shape index (κ2) is 7.90. The molecular formula is C16H12BrN4O5-. The van der Waals surface area contributed by atoms with Gasteiger partial charge in [-0.25, -0.2) is 0 Å². The first-order chi connectivity index (χ1) is 12.3. The molecule has 0 saturated carbocycles. The quantitative estimate of drug-likeness (QED) is 0.695. The summed E-state index contributed by atoms with van der Waals surface area (Å²) in [4.78, 5) is 23.7. The van der Waals surface area contributed by atoms with Gasteiger partial charge < -0.3 is 20.1 Å². The lowest BCUT2D eigenvalue weighted by Crippen LogP contribution is -2.23. The minimum absolute atomic E-state index is 0.0488. The Bertz CT molecular complexity index is 1010. The number of aromatic hydroxyl groups is 1. The van der Waals surface area contributed by atoms with Crippen molar-refractivity contribution in [2.24, 2.45) is 10.2 Å². The molecule has 10 heteroatoms. The molecule has 1 aromatic heterocycles. The van der Waals surface area contributed by atoms with Gasteiger partial charge in [-0.3, -0.25) is 9.36 Å². The molecule has 2 N–H and O–H groups in total. The molecule has 0 unspecified atom stereocenters. The number of benzene rings is 1. The number of hydrogen-bond donors (Lipinski definition) is 2. The van der Waals surface area contributed by atoms with Crippen molar-refractivity contribution in [2.45, 2.75) is 13.5 Å². The number of aromatic nitrogens is 1. The number of carboxylic acid groups (broad SMARTS) is 1. The first-order valence-electron chi connectivity index (χ1n) is 7.21. The molecule has 2 rings (SSSR count). The van der Waals surface area contributed by atoms with E-state index in [4.69, 9.17) is 5.11 Å². The first-order valence-corrected chi connectivity index (χ1v) is 8.01. The summed E-state index contributed by atoms with van der Waals surface area (Å²) in [6.45, 7) is 0.711. The van der Waals surface area contributed by atoms with E-state index in [2.05, 4.69) is 26.2 Å². The Kier molecular flexibility index (Phi) is 5.86. The van der Waals surface area contributed by atoms with E-state index in [1.807, 2.05) is 0 Å². The summed E-state index contributed by atoms with van der Waals surface area (Å²) < 4.78 is 1.29. The predicted molar refractivity (Wildman–Crippen MR) is 91.6 cm³/mol. The molecular weight excluding hydrogens is 408 g/mol. The highest BCUT2D eigenvalue weighted by Crippen LogP contribution is 2.28. The summed E-state index contributed by atoms with van der Waals surface area (Å²) in [6.07, 6.45) is 0. The maximum Gasteiger partial charge on any atom is 0.281 e. The normalized spacial score (nSPS) is 10.8. The van der Waals surface area contributed by atoms with E-state index in [0.717, 1.165) is 4.57 Å². The van der Waals surface area contributed by atoms with Gasteiger partial charge in [-0.1, -0.05) is 15.9 Å². The van der Waals surface area contributed by atoms with Crippen molar-refractivity contribution in [1.82, 2.24) is 4.57 Å². The zero-order chi connectivity index (χ0) is 19.4. The van der Waals surface area contributed by atoms with Crippen LogP contribution in [0.25, 0.3) is 0 Å². The average molecular weight is 420 g/mol. The molecule has 1 aromatic carbocycles. The maximum absolute atomic E-state index is 12.5. The van der Waals surface area contributed by atoms with Crippen LogP contribution < -0.4 is 10.7 Å². The van der Waals surface area contributed by atoms with Crippen LogP contribution >= 0.6 is 15.9 Å². The van der Waals surface area contributed by atoms with E-state index in [1.165, 1.54) is 25.1 Å². The molecule has 0 aliphatic heterocycles. The van der Waals surface area contributed by atoms with E-state index in [0.29, 0.717) is 4.47 Å². The topological polar surface area (TPSA) is 151 Å². The van der Waals surface area contributed by atoms with Crippen LogP contribution in [0.5, 0.6) is 5.88 Å². The van der Waals surface area contributed by atoms with Gasteiger partial charge in [0.1, 0.15) is 11.6 Å². The number of nitrogens with zero attached hydrogens (tertiary/aromatic N) is 4. The molecule has 0 aliphatic carbocycles. The van der Waals surface area contributed by atoms with Crippen LogP contribution in [0, 0.1) is 18.3 Å². The number of aromatic carboxylic acids is 1. The van der Waals surface area contributed by atoms with Gasteiger partial charge in [-0.05, 0) is 25.1 Å². The molecule has 0 fully saturated rings. The minimum atomic E-state index is -1.47. The number of azo groups is 1. The monoisotopic (exact) mass is 419 g/mol. The van der Waals surface area contributed by atoms with E-state index in [9.17, 15) is 25.1 Å². The summed E-state index contributed by atoms with van der Waals surface area (Å²) >= 11 is 3.13. The smallest absolute Gasteiger partial charge is 0.281 e. The molecule has 0 radical (unpaired) electrons. The van der Waals surface area contributed by atoms with Gasteiger partial charge in [0.2, 0.25) is 5.88 Å². The maximum atomic E-state index is 12.5. The van der Waals surface area contributed by atoms with Crippen LogP contribution in [0.4, 0.5) is 11.4 Å². The Hall–Kier alpha value is -3.03. The number of carbonyl (C=O) groups is 1. The molecule has 0 aliphatic rings. The van der Waals surface area contributed by atoms with E-state index >= 15 is 0 Å². The summed E-state index contributed by atoms with van der Waals surface area (Å²) in [5.41, 5.74) is -1.42. The Morgan fingerprint density at radius 3 is 2.69 bits per heavy atom. The van der Waals surface area contributed by atoms with Gasteiger partial charge in [0.05, 0.1) is 24.8 Å². The SMILES string of the molecule is Cc1c(C#N)c(O)n(CCO)c(=O)c1N=Nc1ccc(Br)cc1C(=O)[O-]. The van der Waals surface area contributed by atoms with Crippen LogP contribution in [-0.2, 0) is 6.54 Å². The Balaban J connectivity index is 2.66. The van der Waals surface area contributed by atoms with Gasteiger partial charge in [0.15, 0.2) is 5.69 Å². The van der Waals surface area contributed by atoms with E-state index < -0.39 is 24.0 Å². The Morgan fingerprint density at radius 1 is 1.42 bits per heavy atom. The number of halogens is 1. The third-order valence-corrected chi connectivity index (χ3v) is 4.02. The fraction of sp³-hybridized carbons (Fsp3) is 0.188. The van der Waals surface area contributed by atoms with E-state index in [-0.39, 0.29) is 34.6 Å². The molecule has 0 atom stereocenters. The number of nitriles is 1. The molecule has 2 aromatic rings. The summed E-state index contributed by atoms with van der Waals surface area (Å²) in [5.74, 6) is -2.06. The third kappa shape index (κ3) is 3.63. The van der Waals surface area contributed by atoms with Crippen LogP contribution in [0.2, 0.25) is 0 Å². The van der Waals surface area contributed by atoms with Crippen LogP contribution in [0.15, 0.2) is 37.7 Å². The summed E-state index contributed by atoms with van der Waals surface area (Å²) in [6, 6.07) is 5.94. The molecule has 0 spiro atoms. The van der Waals surface area contributed by atoms with Crippen molar-refractivity contribution in [2.75, 3.05) is 6.61 Å². The van der Waals surface area contributed by atoms with Gasteiger partial charge in [0.25, 0.3) is 5.56 Å². The number of carboxylic acids is 1. The van der Waals surface area contributed by atoms with Crippen LogP contribution in [0.3, 0.4) is 0 Å². The Morgan fingerprint density at radius 2 is 2.12 bits per heavy atom. The number of aliphatic hydroxyl groups excluding tert-OH is 1. The van der Waals surface area contributed by atoms with Crippen molar-refractivity contribution in [1.29, 1.82) is 5.26 Å². The van der Waals surface area contributed by atoms with Gasteiger partial charge in [-0.2, -0.15) is 5.26 Å². The molecule has 1 heterocycles. The molecule has 134 valence electrons. The highest BCUT2D eigenvalue weighted by Gasteiger charge is 2.19. The second-order valence-electron chi connectivity index (χ2n) is 5.11. The van der Waals surface area contributed by atoms with Crippen LogP contribution in [0.1, 0.15) is 21.5 Å². The molecule has 0 bridgehead atoms. The lowest BCUT2D eigenvalue weighted by Gasteiger charge is -2.12. The van der Waals surface area contributed by atoms with E-state index in [1.54, 1.807) is 6.07 Å². The van der Waals surface area contributed by atoms with Gasteiger partial charge >= 0.3 is 0 Å². The van der Waals surface area contributed by atoms with Crippen molar-refractivity contribution < 1.29 is 20.1 Å². The number of hydrogen-bond acceptors (Lipinski definition) is 8. The largest absolute Gasteiger partial charge is 0.545 e. The standard InChI is InChI=1S/C16H13BrN4O5/c1-8-11(7-18)14(23)21(4-5-22)15(24)13(8)20-19-12-3-2-9(17)6-10(12)16(25)26/h2-3,6,22-23H,4-5H2,1H3,(H,25,26)/p-1. The van der Waals surface area contributed by atoms with Gasteiger partial charge in [-0.15, -0.1) is 10.2 Å². The first kappa shape index (κ1) is 19.3. The van der Waals surface area contributed by atoms with Crippen molar-refractivity contribution >= 4 is 33.3 Å². The molecule has 0 amide bonds. The van der Waals surface area contributed by atoms with Crippen molar-refractivity contribution in [3.63, 3.8) is 0 Å². The number of carbonyl (C=O) groups excluding carboxylic acids is 1. The van der Waals surface area contributed by atoms with Crippen molar-refractivity contribution in [3.8, 4) is 11.9 Å². The fourth-order valence-electron chi connectivity index (χ4n) is 2.23. The van der Waals surface area contributed by atoms with Crippen LogP contribution in [-0.4, -0.2) is 27.4 Å². The fourth-order valence-corrected chi connectivity index (χ4v) is 2.59. The summed E-state index contributed by atoms with van der Waals surface area (Å²) in [5, 5.41) is 47.0. The van der Waals surface area contributed by atoms with Crippen molar-refractivity contribution in [3.05, 3.63) is 49.7 Å². The number of rotatable bonds is 5. The minimum Gasteiger partial charge on any atom is -0.545 e. The van der Waals surface area contributed by atoms with Gasteiger partial charge in [0, 0.05) is 15.6 Å². The average Bonchev–Trinajstić information content (AvgIpc) is 2.59. The second-order valence-corrected chi connectivity index (χ2v) is 6.03. The highest BCUT2D eigenvalue weighted by molar-refractivity contribution is 9.10. The molecule has 26 heavy (non-hydrogen) atoms. The molecule has 0 saturated heterocycles. The molecule has 9 nitrogen and oxygen atoms in total. The highest BCUT2D eigenvalue weighted by atomic mass is 79.9. The lowest BCUT2D eigenvalue weighted by molar-refractivity contribution is -0.254. The number of pyridine rings is 1. The number of aliphatic hydroxyl groups is 1. The summed E-state index contributed by atoms with van der Waals surface area (Å²) in [7, 11) is 0. The third-order valence-electron chi connectivity index (χ3n) is 3.53. The predicted octanol–water partition coefficient (Wildman–Crippen LogP) is 1.27. The zero-order valence-corrected chi connectivity index (χ0v) is 15.0.